The lowest BCUT2D eigenvalue weighted by Crippen LogP contribution is -2.20. The predicted molar refractivity (Wildman–Crippen MR) is 126 cm³/mol. The molecule has 34 heavy (non-hydrogen) atoms. The van der Waals surface area contributed by atoms with Crippen molar-refractivity contribution in [3.8, 4) is 17.4 Å². The van der Waals surface area contributed by atoms with Crippen LogP contribution >= 0.6 is 0 Å². The number of aromatic nitrogens is 3. The zero-order valence-corrected chi connectivity index (χ0v) is 18.1. The molecule has 0 saturated carbocycles. The first-order chi connectivity index (χ1) is 16.7. The number of anilines is 2. The van der Waals surface area contributed by atoms with Gasteiger partial charge in [-0.1, -0.05) is 18.2 Å². The highest BCUT2D eigenvalue weighted by Crippen LogP contribution is 2.50. The highest BCUT2D eigenvalue weighted by atomic mass is 16.5. The van der Waals surface area contributed by atoms with Gasteiger partial charge in [0.15, 0.2) is 0 Å². The average Bonchev–Trinajstić information content (AvgIpc) is 2.89. The van der Waals surface area contributed by atoms with Crippen LogP contribution in [0.5, 0.6) is 17.4 Å². The molecule has 0 radical (unpaired) electrons. The van der Waals surface area contributed by atoms with Crippen molar-refractivity contribution in [3.63, 3.8) is 0 Å². The van der Waals surface area contributed by atoms with E-state index in [1.54, 1.807) is 25.6 Å². The summed E-state index contributed by atoms with van der Waals surface area (Å²) >= 11 is 0. The summed E-state index contributed by atoms with van der Waals surface area (Å²) in [4.78, 5) is 26.0. The van der Waals surface area contributed by atoms with Gasteiger partial charge in [-0.25, -0.2) is 14.8 Å². The van der Waals surface area contributed by atoms with Crippen LogP contribution < -0.4 is 20.4 Å². The molecule has 1 unspecified atom stereocenters. The summed E-state index contributed by atoms with van der Waals surface area (Å²) in [7, 11) is 1.62. The van der Waals surface area contributed by atoms with E-state index in [4.69, 9.17) is 13.9 Å². The minimum Gasteiger partial charge on any atom is -0.497 e. The van der Waals surface area contributed by atoms with Crippen molar-refractivity contribution in [2.75, 3.05) is 12.4 Å². The fourth-order valence-corrected chi connectivity index (χ4v) is 4.30. The number of pyridine rings is 1. The molecule has 8 nitrogen and oxygen atoms in total. The number of ether oxygens (including phenoxy) is 2. The molecule has 2 aromatic carbocycles. The molecule has 6 rings (SSSR count). The maximum atomic E-state index is 12.9. The lowest BCUT2D eigenvalue weighted by molar-refractivity contribution is 0.399. The summed E-state index contributed by atoms with van der Waals surface area (Å²) in [6, 6.07) is 18.8. The van der Waals surface area contributed by atoms with E-state index >= 15 is 0 Å². The topological polar surface area (TPSA) is 99.4 Å². The van der Waals surface area contributed by atoms with Gasteiger partial charge in [-0.15, -0.1) is 0 Å². The largest absolute Gasteiger partial charge is 0.497 e. The molecule has 4 heterocycles. The first kappa shape index (κ1) is 19.9. The Balaban J connectivity index is 1.60. The summed E-state index contributed by atoms with van der Waals surface area (Å²) in [5.41, 5.74) is 3.09. The van der Waals surface area contributed by atoms with Gasteiger partial charge >= 0.3 is 5.63 Å². The molecule has 0 spiro atoms. The fourth-order valence-electron chi connectivity index (χ4n) is 4.30. The monoisotopic (exact) mass is 450 g/mol. The van der Waals surface area contributed by atoms with Gasteiger partial charge in [0.25, 0.3) is 0 Å². The van der Waals surface area contributed by atoms with Crippen LogP contribution in [0.15, 0.2) is 88.6 Å². The van der Waals surface area contributed by atoms with Crippen LogP contribution in [-0.4, -0.2) is 22.1 Å². The number of rotatable bonds is 4. The van der Waals surface area contributed by atoms with Crippen molar-refractivity contribution in [2.24, 2.45) is 0 Å². The highest BCUT2D eigenvalue weighted by Gasteiger charge is 2.36. The van der Waals surface area contributed by atoms with E-state index in [0.29, 0.717) is 28.4 Å². The standard InChI is InChI=1S/C26H18N4O4/c1-32-17-8-6-16(7-9-17)30-24-22-20(15-10-12-27-13-11-15)21-18-4-2-3-5-19(18)33-26(31)23(21)34-25(22)29-14-28-24/h2-14,20H,1H3,(H,28,29,30). The lowest BCUT2D eigenvalue weighted by atomic mass is 9.82. The summed E-state index contributed by atoms with van der Waals surface area (Å²) in [5, 5.41) is 4.15. The van der Waals surface area contributed by atoms with Gasteiger partial charge in [0, 0.05) is 34.9 Å². The maximum Gasteiger partial charge on any atom is 0.380 e. The summed E-state index contributed by atoms with van der Waals surface area (Å²) in [5.74, 6) is 1.35. The van der Waals surface area contributed by atoms with Gasteiger partial charge < -0.3 is 19.2 Å². The van der Waals surface area contributed by atoms with E-state index < -0.39 is 11.5 Å². The zero-order chi connectivity index (χ0) is 23.1. The van der Waals surface area contributed by atoms with E-state index in [9.17, 15) is 4.79 Å². The maximum absolute atomic E-state index is 12.9. The normalized spacial score (nSPS) is 14.1. The van der Waals surface area contributed by atoms with Crippen molar-refractivity contribution < 1.29 is 13.9 Å². The first-order valence-electron chi connectivity index (χ1n) is 10.6. The minimum atomic E-state index is -0.554. The van der Waals surface area contributed by atoms with Crippen molar-refractivity contribution in [1.29, 1.82) is 0 Å². The number of hydrogen-bond acceptors (Lipinski definition) is 8. The van der Waals surface area contributed by atoms with Crippen LogP contribution in [0.2, 0.25) is 0 Å². The summed E-state index contributed by atoms with van der Waals surface area (Å²) < 4.78 is 16.9. The molecule has 1 aliphatic rings. The van der Waals surface area contributed by atoms with Gasteiger partial charge in [0.1, 0.15) is 23.5 Å². The highest BCUT2D eigenvalue weighted by molar-refractivity contribution is 5.86. The Morgan fingerprint density at radius 3 is 2.53 bits per heavy atom. The Morgan fingerprint density at radius 1 is 0.941 bits per heavy atom. The number of methoxy groups -OCH3 is 1. The van der Waals surface area contributed by atoms with Crippen LogP contribution in [-0.2, 0) is 0 Å². The molecular formula is C26H18N4O4. The molecule has 0 saturated heterocycles. The van der Waals surface area contributed by atoms with Crippen LogP contribution in [0.1, 0.15) is 22.6 Å². The fraction of sp³-hybridized carbons (Fsp3) is 0.0769. The molecule has 1 atom stereocenters. The molecule has 166 valence electrons. The summed E-state index contributed by atoms with van der Waals surface area (Å²) in [6.07, 6.45) is 4.85. The minimum absolute atomic E-state index is 0.127. The van der Waals surface area contributed by atoms with Crippen molar-refractivity contribution in [3.05, 3.63) is 106 Å². The quantitative estimate of drug-likeness (QED) is 0.374. The Hall–Kier alpha value is -4.72. The molecule has 1 aliphatic heterocycles. The van der Waals surface area contributed by atoms with Gasteiger partial charge in [0.2, 0.25) is 11.6 Å². The van der Waals surface area contributed by atoms with Crippen LogP contribution in [0.4, 0.5) is 11.5 Å². The van der Waals surface area contributed by atoms with Crippen molar-refractivity contribution in [1.82, 2.24) is 15.0 Å². The molecule has 0 fully saturated rings. The second-order valence-electron chi connectivity index (χ2n) is 7.74. The Kier molecular flexibility index (Phi) is 4.69. The number of benzene rings is 2. The van der Waals surface area contributed by atoms with Gasteiger partial charge in [-0.2, -0.15) is 0 Å². The van der Waals surface area contributed by atoms with E-state index in [0.717, 1.165) is 22.4 Å². The predicted octanol–water partition coefficient (Wildman–Crippen LogP) is 5.02. The molecule has 0 amide bonds. The molecule has 0 aliphatic carbocycles. The number of nitrogens with zero attached hydrogens (tertiary/aromatic N) is 3. The SMILES string of the molecule is COc1ccc(Nc2ncnc3c2C(c2ccncc2)c2c(c(=O)oc4ccccc24)O3)cc1. The van der Waals surface area contributed by atoms with Gasteiger partial charge in [-0.3, -0.25) is 4.98 Å². The lowest BCUT2D eigenvalue weighted by Gasteiger charge is -2.29. The van der Waals surface area contributed by atoms with Crippen molar-refractivity contribution >= 4 is 22.5 Å². The molecule has 5 aromatic rings. The number of para-hydroxylation sites is 1. The molecular weight excluding hydrogens is 432 g/mol. The number of hydrogen-bond donors (Lipinski definition) is 1. The summed E-state index contributed by atoms with van der Waals surface area (Å²) in [6.45, 7) is 0. The van der Waals surface area contributed by atoms with E-state index in [-0.39, 0.29) is 5.75 Å². The first-order valence-corrected chi connectivity index (χ1v) is 10.6. The Labute approximate surface area is 193 Å². The second kappa shape index (κ2) is 8.00. The van der Waals surface area contributed by atoms with Crippen LogP contribution in [0.3, 0.4) is 0 Å². The average molecular weight is 450 g/mol. The van der Waals surface area contributed by atoms with E-state index in [2.05, 4.69) is 20.3 Å². The van der Waals surface area contributed by atoms with E-state index in [1.807, 2.05) is 54.6 Å². The Morgan fingerprint density at radius 2 is 1.74 bits per heavy atom. The third-order valence-corrected chi connectivity index (χ3v) is 5.83. The van der Waals surface area contributed by atoms with Crippen molar-refractivity contribution in [2.45, 2.75) is 5.92 Å². The molecule has 8 heteroatoms. The van der Waals surface area contributed by atoms with Crippen LogP contribution in [0.25, 0.3) is 11.0 Å². The molecule has 0 bridgehead atoms. The smallest absolute Gasteiger partial charge is 0.380 e. The Bertz CT molecular complexity index is 1570. The number of nitrogens with one attached hydrogen (secondary N) is 1. The van der Waals surface area contributed by atoms with Gasteiger partial charge in [0.05, 0.1) is 12.7 Å². The van der Waals surface area contributed by atoms with E-state index in [1.165, 1.54) is 6.33 Å². The van der Waals surface area contributed by atoms with Crippen LogP contribution in [0, 0.1) is 0 Å². The second-order valence-corrected chi connectivity index (χ2v) is 7.74. The molecule has 1 N–H and O–H groups in total. The molecule has 3 aromatic heterocycles. The third kappa shape index (κ3) is 3.24. The number of fused-ring (bicyclic) bond motifs is 4. The van der Waals surface area contributed by atoms with Gasteiger partial charge in [-0.05, 0) is 48.0 Å². The third-order valence-electron chi connectivity index (χ3n) is 5.83. The zero-order valence-electron chi connectivity index (χ0n) is 18.1.